The Bertz CT molecular complexity index is 960. The maximum atomic E-state index is 11.8. The largest absolute Gasteiger partial charge is 0.465 e. The molecule has 4 nitrogen and oxygen atoms in total. The molecule has 0 radical (unpaired) electrons. The van der Waals surface area contributed by atoms with E-state index in [0.29, 0.717) is 11.5 Å². The lowest BCUT2D eigenvalue weighted by Gasteiger charge is -2.47. The van der Waals surface area contributed by atoms with Crippen LogP contribution in [-0.4, -0.2) is 31.4 Å². The molecule has 1 atom stereocenters. The smallest absolute Gasteiger partial charge is 0.337 e. The van der Waals surface area contributed by atoms with Crippen LogP contribution < -0.4 is 4.90 Å². The van der Waals surface area contributed by atoms with Gasteiger partial charge in [0.1, 0.15) is 0 Å². The fourth-order valence-electron chi connectivity index (χ4n) is 4.52. The van der Waals surface area contributed by atoms with Gasteiger partial charge in [0.2, 0.25) is 0 Å². The van der Waals surface area contributed by atoms with Gasteiger partial charge in [-0.3, -0.25) is 4.99 Å². The number of nitrogens with zero attached hydrogens (tertiary/aromatic N) is 2. The zero-order valence-corrected chi connectivity index (χ0v) is 18.7. The molecule has 0 amide bonds. The molecule has 1 unspecified atom stereocenters. The molecule has 0 aromatic heterocycles. The van der Waals surface area contributed by atoms with E-state index in [1.54, 1.807) is 12.1 Å². The molecule has 1 heterocycles. The van der Waals surface area contributed by atoms with Gasteiger partial charge in [0.05, 0.1) is 18.4 Å². The lowest BCUT2D eigenvalue weighted by molar-refractivity contribution is 0.0601. The van der Waals surface area contributed by atoms with Crippen molar-refractivity contribution in [3.05, 3.63) is 58.1 Å². The zero-order valence-electron chi connectivity index (χ0n) is 18.7. The van der Waals surface area contributed by atoms with Crippen LogP contribution in [-0.2, 0) is 4.74 Å². The van der Waals surface area contributed by atoms with Crippen molar-refractivity contribution in [1.82, 2.24) is 0 Å². The van der Waals surface area contributed by atoms with E-state index in [1.807, 2.05) is 19.2 Å². The number of hydrogen-bond donors (Lipinski definition) is 0. The lowest BCUT2D eigenvalue weighted by Crippen LogP contribution is -2.48. The predicted molar refractivity (Wildman–Crippen MR) is 121 cm³/mol. The quantitative estimate of drug-likeness (QED) is 0.477. The Balaban J connectivity index is 2.00. The molecular weight excluding hydrogens is 360 g/mol. The molecule has 29 heavy (non-hydrogen) atoms. The second kappa shape index (κ2) is 8.02. The molecule has 0 fully saturated rings. The van der Waals surface area contributed by atoms with E-state index in [4.69, 9.17) is 9.73 Å². The summed E-state index contributed by atoms with van der Waals surface area (Å²) in [5, 5.41) is 0. The van der Waals surface area contributed by atoms with Crippen molar-refractivity contribution < 1.29 is 9.53 Å². The minimum atomic E-state index is -0.345. The number of methoxy groups -OCH3 is 1. The zero-order chi connectivity index (χ0) is 21.3. The van der Waals surface area contributed by atoms with Gasteiger partial charge in [0, 0.05) is 24.0 Å². The SMILES string of the molecule is CCN1c2cc(C)c(C=Nc3cc(C(=O)OC)ccc3C)cc2C(C)CC1(C)C. The van der Waals surface area contributed by atoms with Gasteiger partial charge in [-0.05, 0) is 93.5 Å². The van der Waals surface area contributed by atoms with Crippen molar-refractivity contribution in [3.8, 4) is 0 Å². The molecule has 0 saturated carbocycles. The number of esters is 1. The third-order valence-electron chi connectivity index (χ3n) is 6.06. The van der Waals surface area contributed by atoms with Gasteiger partial charge in [-0.25, -0.2) is 4.79 Å². The molecular formula is C25H32N2O2. The van der Waals surface area contributed by atoms with E-state index in [1.165, 1.54) is 23.9 Å². The van der Waals surface area contributed by atoms with Crippen LogP contribution >= 0.6 is 0 Å². The van der Waals surface area contributed by atoms with Gasteiger partial charge in [0.25, 0.3) is 0 Å². The first-order valence-electron chi connectivity index (χ1n) is 10.3. The van der Waals surface area contributed by atoms with Crippen molar-refractivity contribution in [2.45, 2.75) is 59.4 Å². The number of carbonyl (C=O) groups is 1. The number of aryl methyl sites for hydroxylation is 2. The van der Waals surface area contributed by atoms with Crippen molar-refractivity contribution in [3.63, 3.8) is 0 Å². The standard InChI is InChI=1S/C25H32N2O2/c1-8-27-23-11-17(3)20(12-21(23)18(4)14-25(27,5)6)15-26-22-13-19(24(28)29-7)10-9-16(22)2/h9-13,15,18H,8,14H2,1-7H3. The number of carbonyl (C=O) groups excluding carboxylic acids is 1. The summed E-state index contributed by atoms with van der Waals surface area (Å²) in [6.45, 7) is 14.3. The minimum Gasteiger partial charge on any atom is -0.465 e. The Morgan fingerprint density at radius 3 is 2.62 bits per heavy atom. The number of anilines is 1. The monoisotopic (exact) mass is 392 g/mol. The number of benzene rings is 2. The molecule has 0 spiro atoms. The third-order valence-corrected chi connectivity index (χ3v) is 6.06. The van der Waals surface area contributed by atoms with Crippen LogP contribution in [0, 0.1) is 13.8 Å². The van der Waals surface area contributed by atoms with Crippen molar-refractivity contribution >= 4 is 23.6 Å². The topological polar surface area (TPSA) is 41.9 Å². The summed E-state index contributed by atoms with van der Waals surface area (Å²) in [6.07, 6.45) is 3.05. The highest BCUT2D eigenvalue weighted by atomic mass is 16.5. The van der Waals surface area contributed by atoms with Gasteiger partial charge < -0.3 is 9.64 Å². The average Bonchev–Trinajstić information content (AvgIpc) is 2.66. The summed E-state index contributed by atoms with van der Waals surface area (Å²) in [6, 6.07) is 10.1. The summed E-state index contributed by atoms with van der Waals surface area (Å²) < 4.78 is 4.83. The lowest BCUT2D eigenvalue weighted by atomic mass is 9.79. The van der Waals surface area contributed by atoms with E-state index in [9.17, 15) is 4.79 Å². The molecule has 2 aromatic rings. The predicted octanol–water partition coefficient (Wildman–Crippen LogP) is 5.95. The maximum Gasteiger partial charge on any atom is 0.337 e. The van der Waals surface area contributed by atoms with Crippen LogP contribution in [0.25, 0.3) is 0 Å². The molecule has 2 aromatic carbocycles. The first-order chi connectivity index (χ1) is 13.7. The highest BCUT2D eigenvalue weighted by Gasteiger charge is 2.35. The summed E-state index contributed by atoms with van der Waals surface area (Å²) in [7, 11) is 1.39. The fourth-order valence-corrected chi connectivity index (χ4v) is 4.52. The van der Waals surface area contributed by atoms with Gasteiger partial charge in [-0.2, -0.15) is 0 Å². The number of rotatable bonds is 4. The van der Waals surface area contributed by atoms with Gasteiger partial charge in [0.15, 0.2) is 0 Å². The molecule has 1 aliphatic rings. The Hall–Kier alpha value is -2.62. The van der Waals surface area contributed by atoms with Crippen LogP contribution in [0.5, 0.6) is 0 Å². The number of ether oxygens (including phenoxy) is 1. The average molecular weight is 393 g/mol. The Morgan fingerprint density at radius 1 is 1.24 bits per heavy atom. The van der Waals surface area contributed by atoms with Gasteiger partial charge in [-0.1, -0.05) is 13.0 Å². The summed E-state index contributed by atoms with van der Waals surface area (Å²) >= 11 is 0. The van der Waals surface area contributed by atoms with E-state index in [-0.39, 0.29) is 11.5 Å². The van der Waals surface area contributed by atoms with E-state index >= 15 is 0 Å². The molecule has 0 bridgehead atoms. The first kappa shape index (κ1) is 21.1. The number of fused-ring (bicyclic) bond motifs is 1. The number of aliphatic imine (C=N–C) groups is 1. The van der Waals surface area contributed by atoms with Gasteiger partial charge in [-0.15, -0.1) is 0 Å². The number of hydrogen-bond acceptors (Lipinski definition) is 4. The Morgan fingerprint density at radius 2 is 1.97 bits per heavy atom. The second-order valence-electron chi connectivity index (χ2n) is 8.68. The molecule has 0 N–H and O–H groups in total. The minimum absolute atomic E-state index is 0.161. The van der Waals surface area contributed by atoms with Crippen LogP contribution in [0.1, 0.15) is 72.6 Å². The molecule has 3 rings (SSSR count). The summed E-state index contributed by atoms with van der Waals surface area (Å²) in [5.41, 5.74) is 7.54. The molecule has 1 aliphatic heterocycles. The van der Waals surface area contributed by atoms with Crippen molar-refractivity contribution in [2.24, 2.45) is 4.99 Å². The fraction of sp³-hybridized carbons (Fsp3) is 0.440. The first-order valence-corrected chi connectivity index (χ1v) is 10.3. The van der Waals surface area contributed by atoms with Crippen LogP contribution in [0.15, 0.2) is 35.3 Å². The van der Waals surface area contributed by atoms with Gasteiger partial charge >= 0.3 is 5.97 Å². The second-order valence-corrected chi connectivity index (χ2v) is 8.68. The van der Waals surface area contributed by atoms with Crippen LogP contribution in [0.4, 0.5) is 11.4 Å². The van der Waals surface area contributed by atoms with Crippen molar-refractivity contribution in [2.75, 3.05) is 18.6 Å². The van der Waals surface area contributed by atoms with E-state index in [0.717, 1.165) is 29.8 Å². The Kier molecular flexibility index (Phi) is 5.83. The normalized spacial score (nSPS) is 18.0. The highest BCUT2D eigenvalue weighted by molar-refractivity contribution is 5.91. The molecule has 0 saturated heterocycles. The molecule has 154 valence electrons. The maximum absolute atomic E-state index is 11.8. The molecule has 0 aliphatic carbocycles. The van der Waals surface area contributed by atoms with E-state index < -0.39 is 0 Å². The summed E-state index contributed by atoms with van der Waals surface area (Å²) in [4.78, 5) is 19.1. The van der Waals surface area contributed by atoms with Crippen molar-refractivity contribution in [1.29, 1.82) is 0 Å². The van der Waals surface area contributed by atoms with Crippen LogP contribution in [0.2, 0.25) is 0 Å². The highest BCUT2D eigenvalue weighted by Crippen LogP contribution is 2.44. The van der Waals surface area contributed by atoms with Crippen LogP contribution in [0.3, 0.4) is 0 Å². The Labute approximate surface area is 174 Å². The summed E-state index contributed by atoms with van der Waals surface area (Å²) in [5.74, 6) is 0.155. The van der Waals surface area contributed by atoms with E-state index in [2.05, 4.69) is 51.7 Å². The third kappa shape index (κ3) is 4.07. The molecule has 4 heteroatoms.